The highest BCUT2D eigenvalue weighted by Crippen LogP contribution is 2.42. The maximum atomic E-state index is 5.40. The molecule has 0 amide bonds. The summed E-state index contributed by atoms with van der Waals surface area (Å²) in [6.07, 6.45) is 27.6. The molecule has 0 spiro atoms. The minimum Gasteiger partial charge on any atom is -0.497 e. The molecule has 0 saturated carbocycles. The van der Waals surface area contributed by atoms with E-state index in [1.165, 1.54) is 89.6 Å². The molecular formula is C100H156N4O4. The molecule has 8 heteroatoms. The molecule has 8 aliphatic rings. The van der Waals surface area contributed by atoms with Gasteiger partial charge in [-0.3, -0.25) is 0 Å². The zero-order chi connectivity index (χ0) is 77.7. The van der Waals surface area contributed by atoms with Gasteiger partial charge in [0.15, 0.2) is 0 Å². The summed E-state index contributed by atoms with van der Waals surface area (Å²) < 4.78 is 21.2. The summed E-state index contributed by atoms with van der Waals surface area (Å²) in [4.78, 5) is 8.80. The quantitative estimate of drug-likeness (QED) is 0.173. The van der Waals surface area contributed by atoms with E-state index in [1.54, 1.807) is 28.4 Å². The van der Waals surface area contributed by atoms with Crippen LogP contribution in [0.25, 0.3) is 22.9 Å². The van der Waals surface area contributed by atoms with Crippen LogP contribution in [-0.2, 0) is 18.9 Å². The number of likely N-dealkylation sites (N-methyl/N-ethyl adjacent to an activating group) is 2. The third-order valence-electron chi connectivity index (χ3n) is 23.1. The van der Waals surface area contributed by atoms with Crippen molar-refractivity contribution in [2.24, 2.45) is 71.0 Å². The number of hydrogen-bond acceptors (Lipinski definition) is 8. The molecule has 16 atom stereocenters. The molecule has 0 fully saturated rings. The lowest BCUT2D eigenvalue weighted by atomic mass is 9.80. The van der Waals surface area contributed by atoms with Gasteiger partial charge in [-0.1, -0.05) is 286 Å². The van der Waals surface area contributed by atoms with Gasteiger partial charge in [-0.05, 0) is 191 Å². The Hall–Kier alpha value is -7.84. The average molecular weight is 1480 g/mol. The molecule has 0 heterocycles. The highest BCUT2D eigenvalue weighted by molar-refractivity contribution is 5.71. The van der Waals surface area contributed by atoms with E-state index in [-0.39, 0.29) is 29.7 Å². The van der Waals surface area contributed by atoms with Crippen molar-refractivity contribution in [3.8, 4) is 0 Å². The van der Waals surface area contributed by atoms with Crippen LogP contribution in [0.2, 0.25) is 0 Å². The maximum absolute atomic E-state index is 5.40. The largest absolute Gasteiger partial charge is 0.497 e. The molecule has 0 radical (unpaired) electrons. The Labute approximate surface area is 665 Å². The molecule has 0 unspecified atom stereocenters. The fourth-order valence-corrected chi connectivity index (χ4v) is 14.8. The van der Waals surface area contributed by atoms with E-state index in [2.05, 4.69) is 384 Å². The van der Waals surface area contributed by atoms with Gasteiger partial charge in [-0.25, -0.2) is 0 Å². The Morgan fingerprint density at radius 3 is 0.648 bits per heavy atom. The van der Waals surface area contributed by atoms with Gasteiger partial charge in [0.05, 0.1) is 28.4 Å². The van der Waals surface area contributed by atoms with Crippen molar-refractivity contribution in [2.75, 3.05) is 84.8 Å². The van der Waals surface area contributed by atoms with Crippen molar-refractivity contribution in [1.82, 2.24) is 19.6 Å². The van der Waals surface area contributed by atoms with Gasteiger partial charge in [-0.2, -0.15) is 0 Å². The smallest absolute Gasteiger partial charge is 0.122 e. The minimum atomic E-state index is 0. The standard InChI is InChI=1S/2C14H19N.2C13H16O.2C11H19N.2C10H16O.4CH4/c2*1-10-9-14(15(3)4)13-8-6-5-7-12(13)11(10)2;2*1-9-8-13(14-3)12-7-5-4-6-11(12)10(9)2;2*1-8-6-10(3)11(12(4)5)7-9(8)2;2*1-7-5-9(3)10(11-4)6-8(7)2;;;;/h2*5-11H,1-4H3;2*4-10H,1-3H3;2*6-9H,1-5H3;2*5-8H,1-4H3;4*1H4/t2*10-,11-;2*9-,10-;2*8-,9+;2*7-,8+;;;;/m00001111..../s1. The molecule has 0 N–H and O–H groups in total. The second-order valence-corrected chi connectivity index (χ2v) is 31.9. The number of benzene rings is 4. The van der Waals surface area contributed by atoms with Crippen molar-refractivity contribution >= 4 is 22.9 Å². The predicted molar refractivity (Wildman–Crippen MR) is 478 cm³/mol. The van der Waals surface area contributed by atoms with E-state index in [4.69, 9.17) is 18.9 Å². The van der Waals surface area contributed by atoms with E-state index in [0.29, 0.717) is 94.7 Å². The topological polar surface area (TPSA) is 49.9 Å². The molecule has 8 nitrogen and oxygen atoms in total. The van der Waals surface area contributed by atoms with E-state index >= 15 is 0 Å². The third kappa shape index (κ3) is 26.2. The Bertz CT molecular complexity index is 3580. The number of ether oxygens (including phenoxy) is 4. The molecule has 0 bridgehead atoms. The van der Waals surface area contributed by atoms with Crippen molar-refractivity contribution in [3.05, 3.63) is 260 Å². The average Bonchev–Trinajstić information content (AvgIpc) is 0.805. The molecule has 600 valence electrons. The molecule has 4 aromatic rings. The van der Waals surface area contributed by atoms with Gasteiger partial charge in [0.1, 0.15) is 23.0 Å². The lowest BCUT2D eigenvalue weighted by Crippen LogP contribution is -2.19. The summed E-state index contributed by atoms with van der Waals surface area (Å²) in [5.74, 6) is 14.1. The van der Waals surface area contributed by atoms with Crippen LogP contribution in [0.1, 0.15) is 236 Å². The van der Waals surface area contributed by atoms with Crippen molar-refractivity contribution < 1.29 is 18.9 Å². The molecule has 12 rings (SSSR count). The summed E-state index contributed by atoms with van der Waals surface area (Å²) in [7, 11) is 23.8. The molecule has 4 aromatic carbocycles. The maximum Gasteiger partial charge on any atom is 0.122 e. The van der Waals surface area contributed by atoms with Crippen LogP contribution >= 0.6 is 0 Å². The minimum absolute atomic E-state index is 0. The number of nitrogens with zero attached hydrogens (tertiary/aromatic N) is 4. The molecule has 0 aliphatic heterocycles. The first-order valence-electron chi connectivity index (χ1n) is 38.8. The fraction of sp³-hybridized carbons (Fsp3) is 0.520. The van der Waals surface area contributed by atoms with Crippen molar-refractivity contribution in [2.45, 2.75) is 192 Å². The van der Waals surface area contributed by atoms with E-state index in [0.717, 1.165) is 23.0 Å². The first kappa shape index (κ1) is 98.2. The van der Waals surface area contributed by atoms with E-state index < -0.39 is 0 Å². The Morgan fingerprint density at radius 2 is 0.398 bits per heavy atom. The van der Waals surface area contributed by atoms with Gasteiger partial charge in [0.2, 0.25) is 0 Å². The number of allylic oxidation sites excluding steroid dienone is 16. The third-order valence-corrected chi connectivity index (χ3v) is 23.1. The van der Waals surface area contributed by atoms with Crippen LogP contribution in [0, 0.1) is 71.0 Å². The number of rotatable bonds is 8. The molecule has 0 saturated heterocycles. The summed E-state index contributed by atoms with van der Waals surface area (Å²) >= 11 is 0. The van der Waals surface area contributed by atoms with Gasteiger partial charge < -0.3 is 38.5 Å². The van der Waals surface area contributed by atoms with Crippen LogP contribution in [0.5, 0.6) is 0 Å². The Kier molecular flexibility index (Phi) is 41.8. The molecule has 8 aliphatic carbocycles. The predicted octanol–water partition coefficient (Wildman–Crippen LogP) is 26.9. The van der Waals surface area contributed by atoms with E-state index in [1.807, 2.05) is 0 Å². The normalized spacial score (nSPS) is 26.1. The van der Waals surface area contributed by atoms with E-state index in [9.17, 15) is 0 Å². The summed E-state index contributed by atoms with van der Waals surface area (Å²) in [6, 6.07) is 34.5. The summed E-state index contributed by atoms with van der Waals surface area (Å²) in [5.41, 5.74) is 21.9. The second-order valence-electron chi connectivity index (χ2n) is 31.9. The van der Waals surface area contributed by atoms with Crippen LogP contribution < -0.4 is 0 Å². The summed E-state index contributed by atoms with van der Waals surface area (Å²) in [6.45, 7) is 44.8. The van der Waals surface area contributed by atoms with Crippen LogP contribution in [-0.4, -0.2) is 104 Å². The van der Waals surface area contributed by atoms with Crippen molar-refractivity contribution in [3.63, 3.8) is 0 Å². The SMILES string of the molecule is C.C.C.C.CC1=C[C@@H](C)[C@@H](C)C=C1N(C)C.CC1=C[C@@H](C)[C@@H](C)C=C1N(C)C.COC1=C[C@H](C)[C@H](C)C=C1C.COC1=C[C@H](C)[C@H](C)C=C1C.COC1=C[C@H](C)[C@H](C)c2ccccc21.COC1=C[C@H](C)[C@H](C)c2ccccc21.C[C@@H]1c2ccccc2C(N(C)C)=C[C@@H]1C.C[C@@H]1c2ccccc2C(N(C)C)=C[C@@H]1C. The summed E-state index contributed by atoms with van der Waals surface area (Å²) in [5, 5.41) is 0. The molecule has 108 heavy (non-hydrogen) atoms. The fourth-order valence-electron chi connectivity index (χ4n) is 14.8. The molecular weight excluding hydrogens is 1320 g/mol. The number of fused-ring (bicyclic) bond motifs is 4. The van der Waals surface area contributed by atoms with Crippen molar-refractivity contribution in [1.29, 1.82) is 0 Å². The molecule has 0 aromatic heterocycles. The lowest BCUT2D eigenvalue weighted by Gasteiger charge is -2.31. The van der Waals surface area contributed by atoms with Gasteiger partial charge in [0.25, 0.3) is 0 Å². The van der Waals surface area contributed by atoms with Gasteiger partial charge >= 0.3 is 0 Å². The number of methoxy groups -OCH3 is 4. The Morgan fingerprint density at radius 1 is 0.213 bits per heavy atom. The zero-order valence-electron chi connectivity index (χ0n) is 70.8. The van der Waals surface area contributed by atoms with Crippen LogP contribution in [0.3, 0.4) is 0 Å². The first-order chi connectivity index (χ1) is 49.0. The zero-order valence-corrected chi connectivity index (χ0v) is 70.8. The van der Waals surface area contributed by atoms with Gasteiger partial charge in [0, 0.05) is 101 Å². The lowest BCUT2D eigenvalue weighted by molar-refractivity contribution is 0.289. The highest BCUT2D eigenvalue weighted by atomic mass is 16.5. The van der Waals surface area contributed by atoms with Crippen LogP contribution in [0.15, 0.2) is 215 Å². The second kappa shape index (κ2) is 46.0. The first-order valence-corrected chi connectivity index (χ1v) is 38.8. The highest BCUT2D eigenvalue weighted by Gasteiger charge is 2.28. The van der Waals surface area contributed by atoms with Gasteiger partial charge in [-0.15, -0.1) is 0 Å². The Balaban J connectivity index is 0.000000616. The van der Waals surface area contributed by atoms with Crippen LogP contribution in [0.4, 0.5) is 0 Å². The monoisotopic (exact) mass is 1480 g/mol. The number of hydrogen-bond donors (Lipinski definition) is 0.